The number of aromatic hydroxyl groups is 2. The number of methoxy groups -OCH3 is 4. The summed E-state index contributed by atoms with van der Waals surface area (Å²) in [5.74, 6) is -3.56. The standard InChI is InChI=1S/C36H30N8O14S2/c1-55-27-11-9-23(35(39-27)57-3)41-43-29-25(59(49,50)51)15-17-13-19(5-7-21(17)31(29)45)37-33(47)34(48)38-20-6-8-22-18(14-20)16-26(60(52,53)54)30(32(22)46)44-42-24-10-12-28(56-2)40-36(24)58-4/h5-16,45-46H,1-4H3,(H,37,47)(H,38,48)(H,49,50,51)(H,52,53,54). The molecule has 6 rings (SSSR count). The van der Waals surface area contributed by atoms with Crippen LogP contribution in [0.3, 0.4) is 0 Å². The zero-order valence-electron chi connectivity index (χ0n) is 31.3. The van der Waals surface area contributed by atoms with E-state index in [-0.39, 0.29) is 67.8 Å². The molecule has 2 aromatic heterocycles. The number of fused-ring (bicyclic) bond motifs is 2. The maximum absolute atomic E-state index is 13.0. The van der Waals surface area contributed by atoms with Gasteiger partial charge in [0.1, 0.15) is 32.5 Å². The van der Waals surface area contributed by atoms with E-state index in [0.29, 0.717) is 0 Å². The molecule has 6 N–H and O–H groups in total. The number of anilines is 2. The lowest BCUT2D eigenvalue weighted by Gasteiger charge is -2.12. The average molecular weight is 863 g/mol. The lowest BCUT2D eigenvalue weighted by atomic mass is 10.1. The zero-order chi connectivity index (χ0) is 43.5. The number of carbonyl (C=O) groups is 2. The quantitative estimate of drug-likeness (QED) is 0.0458. The molecule has 6 aromatic rings. The van der Waals surface area contributed by atoms with Crippen LogP contribution in [0, 0.1) is 0 Å². The molecule has 2 amide bonds. The van der Waals surface area contributed by atoms with Crippen LogP contribution in [0.2, 0.25) is 0 Å². The topological polar surface area (TPSA) is 320 Å². The molecule has 0 atom stereocenters. The van der Waals surface area contributed by atoms with Crippen molar-refractivity contribution in [2.24, 2.45) is 20.5 Å². The van der Waals surface area contributed by atoms with Crippen LogP contribution >= 0.6 is 0 Å². The van der Waals surface area contributed by atoms with Gasteiger partial charge in [0.15, 0.2) is 11.5 Å². The largest absolute Gasteiger partial charge is 0.505 e. The molecule has 22 nitrogen and oxygen atoms in total. The third-order valence-electron chi connectivity index (χ3n) is 8.33. The van der Waals surface area contributed by atoms with Crippen molar-refractivity contribution >= 4 is 87.7 Å². The van der Waals surface area contributed by atoms with Gasteiger partial charge in [-0.25, -0.2) is 0 Å². The van der Waals surface area contributed by atoms with Gasteiger partial charge in [-0.1, -0.05) is 0 Å². The van der Waals surface area contributed by atoms with E-state index in [1.807, 2.05) is 0 Å². The Morgan fingerprint density at radius 1 is 0.550 bits per heavy atom. The Hall–Kier alpha value is -7.54. The van der Waals surface area contributed by atoms with Crippen molar-refractivity contribution in [1.82, 2.24) is 9.97 Å². The van der Waals surface area contributed by atoms with Crippen LogP contribution in [0.15, 0.2) is 103 Å². The SMILES string of the molecule is COc1ccc(N=Nc2c(S(=O)(=O)O)cc3cc(NC(=O)C(=O)Nc4ccc5c(O)c(N=Nc6ccc(OC)nc6OC)c(S(=O)(=O)O)cc5c4)ccc3c2O)c(OC)n1. The number of hydrogen-bond acceptors (Lipinski definition) is 18. The molecule has 0 unspecified atom stereocenters. The molecule has 0 saturated heterocycles. The Balaban J connectivity index is 1.25. The highest BCUT2D eigenvalue weighted by Gasteiger charge is 2.25. The summed E-state index contributed by atoms with van der Waals surface area (Å²) < 4.78 is 89.9. The van der Waals surface area contributed by atoms with Crippen LogP contribution < -0.4 is 29.6 Å². The van der Waals surface area contributed by atoms with Gasteiger partial charge < -0.3 is 39.8 Å². The first-order valence-electron chi connectivity index (χ1n) is 16.6. The number of pyridine rings is 2. The molecule has 60 heavy (non-hydrogen) atoms. The van der Waals surface area contributed by atoms with Gasteiger partial charge >= 0.3 is 11.8 Å². The van der Waals surface area contributed by atoms with Crippen LogP contribution in [-0.2, 0) is 29.8 Å². The van der Waals surface area contributed by atoms with Gasteiger partial charge in [-0.3, -0.25) is 18.7 Å². The van der Waals surface area contributed by atoms with E-state index in [0.717, 1.165) is 12.1 Å². The molecule has 0 radical (unpaired) electrons. The lowest BCUT2D eigenvalue weighted by molar-refractivity contribution is -0.132. The zero-order valence-corrected chi connectivity index (χ0v) is 32.9. The Morgan fingerprint density at radius 3 is 1.27 bits per heavy atom. The van der Waals surface area contributed by atoms with E-state index in [2.05, 4.69) is 41.1 Å². The maximum Gasteiger partial charge on any atom is 0.314 e. The van der Waals surface area contributed by atoms with E-state index in [1.165, 1.54) is 89.1 Å². The van der Waals surface area contributed by atoms with Gasteiger partial charge in [0.05, 0.1) is 28.4 Å². The second-order valence-corrected chi connectivity index (χ2v) is 14.8. The van der Waals surface area contributed by atoms with Gasteiger partial charge in [0.2, 0.25) is 23.5 Å². The maximum atomic E-state index is 13.0. The number of benzene rings is 4. The fourth-order valence-corrected chi connectivity index (χ4v) is 6.86. The molecule has 0 aliphatic rings. The summed E-state index contributed by atoms with van der Waals surface area (Å²) in [6.45, 7) is 0. The third kappa shape index (κ3) is 8.80. The van der Waals surface area contributed by atoms with Gasteiger partial charge in [-0.2, -0.15) is 26.8 Å². The van der Waals surface area contributed by atoms with Crippen LogP contribution in [0.1, 0.15) is 0 Å². The lowest BCUT2D eigenvalue weighted by Crippen LogP contribution is -2.29. The number of amides is 2. The third-order valence-corrected chi connectivity index (χ3v) is 10.1. The number of phenols is 2. The monoisotopic (exact) mass is 862 g/mol. The van der Waals surface area contributed by atoms with Crippen molar-refractivity contribution in [2.75, 3.05) is 39.1 Å². The summed E-state index contributed by atoms with van der Waals surface area (Å²) in [5, 5.41) is 42.3. The van der Waals surface area contributed by atoms with Crippen molar-refractivity contribution in [2.45, 2.75) is 9.79 Å². The van der Waals surface area contributed by atoms with Gasteiger partial charge in [0.25, 0.3) is 20.2 Å². The first-order chi connectivity index (χ1) is 28.4. The number of aromatic nitrogens is 2. The van der Waals surface area contributed by atoms with Crippen LogP contribution in [0.25, 0.3) is 21.5 Å². The summed E-state index contributed by atoms with van der Waals surface area (Å²) in [6, 6.07) is 15.1. The predicted molar refractivity (Wildman–Crippen MR) is 211 cm³/mol. The number of rotatable bonds is 12. The van der Waals surface area contributed by atoms with Crippen LogP contribution in [0.4, 0.5) is 34.1 Å². The summed E-state index contributed by atoms with van der Waals surface area (Å²) in [6.07, 6.45) is 0. The number of carbonyl (C=O) groups excluding carboxylic acids is 2. The smallest absolute Gasteiger partial charge is 0.314 e. The molecule has 24 heteroatoms. The minimum Gasteiger partial charge on any atom is -0.505 e. The highest BCUT2D eigenvalue weighted by Crippen LogP contribution is 2.44. The number of hydrogen-bond donors (Lipinski definition) is 6. The van der Waals surface area contributed by atoms with Gasteiger partial charge in [-0.15, -0.1) is 20.5 Å². The molecule has 0 aliphatic carbocycles. The molecule has 0 spiro atoms. The number of ether oxygens (including phenoxy) is 4. The van der Waals surface area contributed by atoms with Gasteiger partial charge in [0, 0.05) is 34.3 Å². The normalized spacial score (nSPS) is 11.9. The summed E-state index contributed by atoms with van der Waals surface area (Å²) >= 11 is 0. The Labute approximate surface area is 338 Å². The molecule has 310 valence electrons. The Morgan fingerprint density at radius 2 is 0.933 bits per heavy atom. The summed E-state index contributed by atoms with van der Waals surface area (Å²) in [4.78, 5) is 32.3. The fraction of sp³-hybridized carbons (Fsp3) is 0.111. The molecular weight excluding hydrogens is 833 g/mol. The second kappa shape index (κ2) is 16.7. The highest BCUT2D eigenvalue weighted by atomic mass is 32.2. The summed E-state index contributed by atoms with van der Waals surface area (Å²) in [7, 11) is -4.71. The van der Waals surface area contributed by atoms with E-state index in [9.17, 15) is 45.7 Å². The Bertz CT molecular complexity index is 2810. The molecule has 0 saturated carbocycles. The minimum atomic E-state index is -5.03. The van der Waals surface area contributed by atoms with Crippen LogP contribution in [0.5, 0.6) is 35.0 Å². The number of phenolic OH excluding ortho intramolecular Hbond substituents is 2. The Kier molecular flexibility index (Phi) is 11.7. The highest BCUT2D eigenvalue weighted by molar-refractivity contribution is 7.86. The fourth-order valence-electron chi connectivity index (χ4n) is 5.54. The van der Waals surface area contributed by atoms with Crippen molar-refractivity contribution in [3.63, 3.8) is 0 Å². The van der Waals surface area contributed by atoms with E-state index < -0.39 is 64.7 Å². The van der Waals surface area contributed by atoms with Crippen molar-refractivity contribution in [1.29, 1.82) is 0 Å². The number of nitrogens with zero attached hydrogens (tertiary/aromatic N) is 6. The van der Waals surface area contributed by atoms with Crippen LogP contribution in [-0.4, -0.2) is 86.4 Å². The molecular formula is C36H30N8O14S2. The molecule has 2 heterocycles. The van der Waals surface area contributed by atoms with Crippen molar-refractivity contribution in [3.05, 3.63) is 72.8 Å². The first-order valence-corrected chi connectivity index (χ1v) is 19.5. The second-order valence-electron chi connectivity index (χ2n) is 12.0. The predicted octanol–water partition coefficient (Wildman–Crippen LogP) is 6.13. The number of azo groups is 2. The van der Waals surface area contributed by atoms with E-state index in [1.54, 1.807) is 0 Å². The average Bonchev–Trinajstić information content (AvgIpc) is 3.21. The number of nitrogens with one attached hydrogen (secondary N) is 2. The molecule has 0 aliphatic heterocycles. The van der Waals surface area contributed by atoms with Crippen molar-refractivity contribution in [3.8, 4) is 35.0 Å². The molecule has 4 aromatic carbocycles. The molecule has 0 bridgehead atoms. The summed E-state index contributed by atoms with van der Waals surface area (Å²) in [5.41, 5.74) is -1.29. The van der Waals surface area contributed by atoms with E-state index in [4.69, 9.17) is 18.9 Å². The van der Waals surface area contributed by atoms with E-state index >= 15 is 0 Å². The van der Waals surface area contributed by atoms with Crippen molar-refractivity contribution < 1.29 is 64.7 Å². The first kappa shape index (κ1) is 42.1. The van der Waals surface area contributed by atoms with Gasteiger partial charge in [-0.05, 0) is 71.4 Å². The molecule has 0 fully saturated rings. The minimum absolute atomic E-state index is 0.0105.